The van der Waals surface area contributed by atoms with E-state index in [9.17, 15) is 0 Å². The zero-order valence-corrected chi connectivity index (χ0v) is 33.6. The zero-order valence-electron chi connectivity index (χ0n) is 33.6. The first-order valence-electron chi connectivity index (χ1n) is 21.0. The van der Waals surface area contributed by atoms with Crippen LogP contribution in [0.2, 0.25) is 0 Å². The molecule has 11 aromatic rings. The highest BCUT2D eigenvalue weighted by Gasteiger charge is 2.18. The van der Waals surface area contributed by atoms with E-state index in [1.54, 1.807) is 0 Å². The van der Waals surface area contributed by atoms with Crippen LogP contribution in [0.1, 0.15) is 0 Å². The van der Waals surface area contributed by atoms with Gasteiger partial charge in [0.15, 0.2) is 0 Å². The number of hydrogen-bond donors (Lipinski definition) is 0. The second-order valence-electron chi connectivity index (χ2n) is 15.7. The molecule has 1 heteroatoms. The molecular weight excluding hydrogens is 735 g/mol. The van der Waals surface area contributed by atoms with Crippen molar-refractivity contribution in [3.05, 3.63) is 249 Å². The number of rotatable bonds is 8. The number of hydrogen-bond acceptors (Lipinski definition) is 1. The van der Waals surface area contributed by atoms with Crippen molar-refractivity contribution >= 4 is 49.4 Å². The molecule has 0 aromatic heterocycles. The van der Waals surface area contributed by atoms with Gasteiger partial charge in [-0.1, -0.05) is 206 Å². The molecule has 0 aliphatic rings. The van der Waals surface area contributed by atoms with Gasteiger partial charge in [0.1, 0.15) is 0 Å². The van der Waals surface area contributed by atoms with Gasteiger partial charge in [0, 0.05) is 17.1 Å². The van der Waals surface area contributed by atoms with Gasteiger partial charge in [-0.25, -0.2) is 0 Å². The Morgan fingerprint density at radius 2 is 0.639 bits per heavy atom. The van der Waals surface area contributed by atoms with Crippen molar-refractivity contribution in [1.82, 2.24) is 0 Å². The van der Waals surface area contributed by atoms with Crippen LogP contribution in [0.5, 0.6) is 0 Å². The topological polar surface area (TPSA) is 3.24 Å². The molecule has 11 aromatic carbocycles. The van der Waals surface area contributed by atoms with Gasteiger partial charge >= 0.3 is 0 Å². The van der Waals surface area contributed by atoms with E-state index in [0.717, 1.165) is 17.1 Å². The van der Waals surface area contributed by atoms with Crippen LogP contribution in [0.25, 0.3) is 88.0 Å². The minimum Gasteiger partial charge on any atom is -0.310 e. The normalized spacial score (nSPS) is 11.3. The number of anilines is 3. The lowest BCUT2D eigenvalue weighted by molar-refractivity contribution is 1.28. The Morgan fingerprint density at radius 3 is 1.33 bits per heavy atom. The van der Waals surface area contributed by atoms with Crippen LogP contribution < -0.4 is 4.90 Å². The summed E-state index contributed by atoms with van der Waals surface area (Å²) in [6, 6.07) is 90.4. The van der Waals surface area contributed by atoms with Crippen LogP contribution in [0.3, 0.4) is 0 Å². The van der Waals surface area contributed by atoms with Gasteiger partial charge in [-0.15, -0.1) is 0 Å². The van der Waals surface area contributed by atoms with Gasteiger partial charge < -0.3 is 4.90 Å². The largest absolute Gasteiger partial charge is 0.310 e. The fourth-order valence-electron chi connectivity index (χ4n) is 9.05. The van der Waals surface area contributed by atoms with Gasteiger partial charge in [0.2, 0.25) is 0 Å². The summed E-state index contributed by atoms with van der Waals surface area (Å²) in [5.74, 6) is 0. The number of fused-ring (bicyclic) bond motifs is 4. The summed E-state index contributed by atoms with van der Waals surface area (Å²) in [6.07, 6.45) is 0. The lowest BCUT2D eigenvalue weighted by Gasteiger charge is -2.27. The summed E-state index contributed by atoms with van der Waals surface area (Å²) < 4.78 is 0. The minimum atomic E-state index is 1.09. The molecule has 0 atom stereocenters. The Labute approximate surface area is 357 Å². The van der Waals surface area contributed by atoms with E-state index in [-0.39, 0.29) is 0 Å². The highest BCUT2D eigenvalue weighted by atomic mass is 15.1. The lowest BCUT2D eigenvalue weighted by atomic mass is 9.91. The fourth-order valence-corrected chi connectivity index (χ4v) is 9.05. The van der Waals surface area contributed by atoms with Crippen molar-refractivity contribution in [3.63, 3.8) is 0 Å². The first-order chi connectivity index (χ1) is 30.2. The molecule has 0 aliphatic carbocycles. The van der Waals surface area contributed by atoms with Crippen LogP contribution in [0.4, 0.5) is 17.1 Å². The second kappa shape index (κ2) is 15.6. The van der Waals surface area contributed by atoms with Gasteiger partial charge in [-0.3, -0.25) is 0 Å². The summed E-state index contributed by atoms with van der Waals surface area (Å²) in [4.78, 5) is 2.39. The maximum atomic E-state index is 2.39. The molecule has 11 rings (SSSR count). The third-order valence-electron chi connectivity index (χ3n) is 12.1. The van der Waals surface area contributed by atoms with Crippen molar-refractivity contribution in [3.8, 4) is 55.6 Å². The van der Waals surface area contributed by atoms with Crippen molar-refractivity contribution in [2.24, 2.45) is 0 Å². The van der Waals surface area contributed by atoms with Crippen molar-refractivity contribution < 1.29 is 0 Å². The predicted molar refractivity (Wildman–Crippen MR) is 261 cm³/mol. The van der Waals surface area contributed by atoms with Crippen molar-refractivity contribution in [2.75, 3.05) is 4.90 Å². The summed E-state index contributed by atoms with van der Waals surface area (Å²) >= 11 is 0. The standard InChI is InChI=1S/C60H41N/c1-3-14-42(15-4-1)43-30-34-50(35-31-43)61(51-36-32-48(33-37-51)59-40-49-19-8-10-22-55(49)57-23-11-12-24-58(57)59)52-38-39-56(44-16-5-2-6-17-44)60(41-52)47-28-26-46(27-29-47)54-25-13-20-45-18-7-9-21-53(45)54/h1-41H. The monoisotopic (exact) mass is 775 g/mol. The molecule has 0 amide bonds. The molecular formula is C60H41N. The highest BCUT2D eigenvalue weighted by molar-refractivity contribution is 6.13. The third kappa shape index (κ3) is 6.83. The summed E-state index contributed by atoms with van der Waals surface area (Å²) in [5, 5.41) is 7.57. The van der Waals surface area contributed by atoms with Crippen LogP contribution in [0.15, 0.2) is 249 Å². The van der Waals surface area contributed by atoms with E-state index in [2.05, 4.69) is 254 Å². The Bertz CT molecular complexity index is 3310. The Balaban J connectivity index is 1.05. The van der Waals surface area contributed by atoms with Gasteiger partial charge in [0.05, 0.1) is 0 Å². The molecule has 0 N–H and O–H groups in total. The number of nitrogens with zero attached hydrogens (tertiary/aromatic N) is 1. The van der Waals surface area contributed by atoms with E-state index in [0.29, 0.717) is 0 Å². The molecule has 0 fully saturated rings. The number of benzene rings is 11. The van der Waals surface area contributed by atoms with E-state index >= 15 is 0 Å². The highest BCUT2D eigenvalue weighted by Crippen LogP contribution is 2.43. The Morgan fingerprint density at radius 1 is 0.197 bits per heavy atom. The molecule has 0 bridgehead atoms. The average molecular weight is 776 g/mol. The van der Waals surface area contributed by atoms with Gasteiger partial charge in [-0.2, -0.15) is 0 Å². The molecule has 0 saturated heterocycles. The second-order valence-corrected chi connectivity index (χ2v) is 15.7. The summed E-state index contributed by atoms with van der Waals surface area (Å²) in [5.41, 5.74) is 15.3. The molecule has 0 saturated carbocycles. The summed E-state index contributed by atoms with van der Waals surface area (Å²) in [7, 11) is 0. The average Bonchev–Trinajstić information content (AvgIpc) is 3.35. The van der Waals surface area contributed by atoms with Crippen molar-refractivity contribution in [2.45, 2.75) is 0 Å². The maximum absolute atomic E-state index is 2.39. The van der Waals surface area contributed by atoms with E-state index in [1.807, 2.05) is 0 Å². The van der Waals surface area contributed by atoms with Crippen LogP contribution in [-0.2, 0) is 0 Å². The third-order valence-corrected chi connectivity index (χ3v) is 12.1. The predicted octanol–water partition coefficient (Wildman–Crippen LogP) is 17.0. The minimum absolute atomic E-state index is 1.09. The lowest BCUT2D eigenvalue weighted by Crippen LogP contribution is -2.10. The molecule has 0 unspecified atom stereocenters. The molecule has 0 radical (unpaired) electrons. The molecule has 286 valence electrons. The quantitative estimate of drug-likeness (QED) is 0.139. The Hall–Kier alpha value is -8.00. The maximum Gasteiger partial charge on any atom is 0.0468 e. The SMILES string of the molecule is c1ccc(-c2ccc(N(c3ccc(-c4cc5ccccc5c5ccccc45)cc3)c3ccc(-c4ccccc4)c(-c4ccc(-c5cccc6ccccc56)cc4)c3)cc2)cc1. The van der Waals surface area contributed by atoms with Gasteiger partial charge in [-0.05, 0) is 130 Å². The fraction of sp³-hybridized carbons (Fsp3) is 0. The van der Waals surface area contributed by atoms with E-state index in [4.69, 9.17) is 0 Å². The first-order valence-corrected chi connectivity index (χ1v) is 21.0. The van der Waals surface area contributed by atoms with E-state index < -0.39 is 0 Å². The Kier molecular flexibility index (Phi) is 9.26. The van der Waals surface area contributed by atoms with Crippen LogP contribution >= 0.6 is 0 Å². The molecule has 1 nitrogen and oxygen atoms in total. The van der Waals surface area contributed by atoms with Crippen molar-refractivity contribution in [1.29, 1.82) is 0 Å². The molecule has 0 aliphatic heterocycles. The molecule has 0 heterocycles. The molecule has 0 spiro atoms. The van der Waals surface area contributed by atoms with Crippen LogP contribution in [0, 0.1) is 0 Å². The summed E-state index contributed by atoms with van der Waals surface area (Å²) in [6.45, 7) is 0. The smallest absolute Gasteiger partial charge is 0.0468 e. The molecule has 61 heavy (non-hydrogen) atoms. The van der Waals surface area contributed by atoms with E-state index in [1.165, 1.54) is 88.0 Å². The first kappa shape index (κ1) is 36.1. The van der Waals surface area contributed by atoms with Crippen LogP contribution in [-0.4, -0.2) is 0 Å². The van der Waals surface area contributed by atoms with Gasteiger partial charge in [0.25, 0.3) is 0 Å². The zero-order chi connectivity index (χ0) is 40.5.